The van der Waals surface area contributed by atoms with Crippen molar-refractivity contribution in [2.24, 2.45) is 0 Å². The van der Waals surface area contributed by atoms with E-state index in [0.717, 1.165) is 27.1 Å². The van der Waals surface area contributed by atoms with Gasteiger partial charge in [0, 0.05) is 16.6 Å². The first-order valence-electron chi connectivity index (χ1n) is 8.41. The van der Waals surface area contributed by atoms with Crippen molar-refractivity contribution in [3.05, 3.63) is 63.6 Å². The van der Waals surface area contributed by atoms with Gasteiger partial charge in [0.2, 0.25) is 0 Å². The molecule has 0 aliphatic heterocycles. The van der Waals surface area contributed by atoms with Crippen LogP contribution in [-0.2, 0) is 17.9 Å². The average Bonchev–Trinajstić information content (AvgIpc) is 2.62. The van der Waals surface area contributed by atoms with Gasteiger partial charge in [-0.3, -0.25) is 4.79 Å². The molecule has 0 aliphatic carbocycles. The van der Waals surface area contributed by atoms with Crippen molar-refractivity contribution >= 4 is 33.7 Å². The van der Waals surface area contributed by atoms with E-state index in [1.165, 1.54) is 5.56 Å². The predicted molar refractivity (Wildman–Crippen MR) is 111 cm³/mol. The number of rotatable bonds is 10. The molecule has 2 aromatic rings. The summed E-state index contributed by atoms with van der Waals surface area (Å²) in [5, 5.41) is 12.5. The van der Waals surface area contributed by atoms with E-state index in [4.69, 9.17) is 4.74 Å². The molecule has 0 heterocycles. The Hall–Kier alpha value is -1.50. The van der Waals surface area contributed by atoms with Crippen molar-refractivity contribution in [2.45, 2.75) is 32.5 Å². The van der Waals surface area contributed by atoms with Gasteiger partial charge < -0.3 is 15.2 Å². The van der Waals surface area contributed by atoms with Crippen LogP contribution in [0.1, 0.15) is 23.1 Å². The van der Waals surface area contributed by atoms with E-state index in [2.05, 4.69) is 52.4 Å². The third-order valence-electron chi connectivity index (χ3n) is 3.99. The molecule has 0 bridgehead atoms. The number of thioether (sulfide) groups is 1. The number of benzene rings is 2. The van der Waals surface area contributed by atoms with E-state index in [1.54, 1.807) is 11.8 Å². The Morgan fingerprint density at radius 2 is 2.00 bits per heavy atom. The molecule has 2 rings (SSSR count). The van der Waals surface area contributed by atoms with Crippen molar-refractivity contribution in [1.29, 1.82) is 0 Å². The van der Waals surface area contributed by atoms with E-state index < -0.39 is 12.0 Å². The van der Waals surface area contributed by atoms with Gasteiger partial charge >= 0.3 is 5.97 Å². The van der Waals surface area contributed by atoms with Crippen LogP contribution >= 0.6 is 27.7 Å². The van der Waals surface area contributed by atoms with Gasteiger partial charge in [-0.2, -0.15) is 11.8 Å². The van der Waals surface area contributed by atoms with E-state index in [1.807, 2.05) is 24.5 Å². The third-order valence-corrected chi connectivity index (χ3v) is 5.12. The molecule has 6 heteroatoms. The van der Waals surface area contributed by atoms with Crippen molar-refractivity contribution in [3.63, 3.8) is 0 Å². The molecular weight excluding hydrogens is 414 g/mol. The van der Waals surface area contributed by atoms with Crippen molar-refractivity contribution < 1.29 is 14.6 Å². The molecule has 26 heavy (non-hydrogen) atoms. The minimum atomic E-state index is -0.823. The van der Waals surface area contributed by atoms with Crippen LogP contribution in [-0.4, -0.2) is 29.1 Å². The SMILES string of the molecule is CSCCC(NCc1cc(Br)ccc1OCc1ccc(C)cc1)C(=O)O. The largest absolute Gasteiger partial charge is 0.489 e. The summed E-state index contributed by atoms with van der Waals surface area (Å²) in [5.74, 6) is 0.741. The van der Waals surface area contributed by atoms with Gasteiger partial charge in [-0.05, 0) is 49.1 Å². The fourth-order valence-corrected chi connectivity index (χ4v) is 3.33. The molecule has 0 aliphatic rings. The Bertz CT molecular complexity index is 721. The summed E-state index contributed by atoms with van der Waals surface area (Å²) in [5.41, 5.74) is 3.25. The molecular formula is C20H24BrNO3S. The van der Waals surface area contributed by atoms with E-state index in [9.17, 15) is 9.90 Å². The summed E-state index contributed by atoms with van der Waals surface area (Å²) in [7, 11) is 0. The van der Waals surface area contributed by atoms with E-state index in [0.29, 0.717) is 19.6 Å². The Morgan fingerprint density at radius 1 is 1.27 bits per heavy atom. The smallest absolute Gasteiger partial charge is 0.320 e. The van der Waals surface area contributed by atoms with Gasteiger partial charge in [-0.1, -0.05) is 45.8 Å². The molecule has 0 aromatic heterocycles. The van der Waals surface area contributed by atoms with Crippen LogP contribution in [0.3, 0.4) is 0 Å². The Labute approximate surface area is 167 Å². The van der Waals surface area contributed by atoms with Crippen LogP contribution in [0.15, 0.2) is 46.9 Å². The Kier molecular flexibility index (Phi) is 8.48. The zero-order valence-electron chi connectivity index (χ0n) is 15.0. The highest BCUT2D eigenvalue weighted by atomic mass is 79.9. The Balaban J connectivity index is 2.03. The van der Waals surface area contributed by atoms with Crippen LogP contribution in [0.2, 0.25) is 0 Å². The number of carboxylic acid groups (broad SMARTS) is 1. The minimum Gasteiger partial charge on any atom is -0.489 e. The maximum absolute atomic E-state index is 11.4. The van der Waals surface area contributed by atoms with Gasteiger partial charge in [-0.15, -0.1) is 0 Å². The molecule has 0 saturated heterocycles. The fraction of sp³-hybridized carbons (Fsp3) is 0.350. The zero-order chi connectivity index (χ0) is 18.9. The summed E-state index contributed by atoms with van der Waals surface area (Å²) in [6.45, 7) is 2.97. The number of aryl methyl sites for hydroxylation is 1. The first-order valence-corrected chi connectivity index (χ1v) is 10.6. The minimum absolute atomic E-state index is 0.439. The van der Waals surface area contributed by atoms with Gasteiger partial charge in [0.05, 0.1) is 0 Å². The topological polar surface area (TPSA) is 58.6 Å². The molecule has 4 nitrogen and oxygen atoms in total. The van der Waals surface area contributed by atoms with Gasteiger partial charge in [0.25, 0.3) is 0 Å². The summed E-state index contributed by atoms with van der Waals surface area (Å²) >= 11 is 5.12. The molecule has 1 atom stereocenters. The number of hydrogen-bond acceptors (Lipinski definition) is 4. The van der Waals surface area contributed by atoms with Gasteiger partial charge in [0.1, 0.15) is 18.4 Å². The van der Waals surface area contributed by atoms with Crippen LogP contribution in [0.25, 0.3) is 0 Å². The molecule has 2 N–H and O–H groups in total. The summed E-state index contributed by atoms with van der Waals surface area (Å²) in [4.78, 5) is 11.4. The number of nitrogens with one attached hydrogen (secondary N) is 1. The number of halogens is 1. The van der Waals surface area contributed by atoms with Crippen molar-refractivity contribution in [3.8, 4) is 5.75 Å². The van der Waals surface area contributed by atoms with Crippen LogP contribution in [0.5, 0.6) is 5.75 Å². The van der Waals surface area contributed by atoms with E-state index >= 15 is 0 Å². The highest BCUT2D eigenvalue weighted by Crippen LogP contribution is 2.24. The second-order valence-corrected chi connectivity index (χ2v) is 7.98. The highest BCUT2D eigenvalue weighted by Gasteiger charge is 2.17. The lowest BCUT2D eigenvalue weighted by Crippen LogP contribution is -2.36. The van der Waals surface area contributed by atoms with Gasteiger partial charge in [0.15, 0.2) is 0 Å². The Morgan fingerprint density at radius 3 is 2.65 bits per heavy atom. The van der Waals surface area contributed by atoms with Crippen molar-refractivity contribution in [2.75, 3.05) is 12.0 Å². The lowest BCUT2D eigenvalue weighted by atomic mass is 10.1. The van der Waals surface area contributed by atoms with Gasteiger partial charge in [-0.25, -0.2) is 0 Å². The molecule has 0 radical (unpaired) electrons. The maximum Gasteiger partial charge on any atom is 0.320 e. The molecule has 0 saturated carbocycles. The van der Waals surface area contributed by atoms with Crippen LogP contribution in [0, 0.1) is 6.92 Å². The summed E-state index contributed by atoms with van der Waals surface area (Å²) in [6, 6.07) is 13.5. The molecule has 0 amide bonds. The monoisotopic (exact) mass is 437 g/mol. The number of carboxylic acids is 1. The summed E-state index contributed by atoms with van der Waals surface area (Å²) in [6.07, 6.45) is 2.56. The number of hydrogen-bond donors (Lipinski definition) is 2. The second-order valence-electron chi connectivity index (χ2n) is 6.08. The number of ether oxygens (including phenoxy) is 1. The average molecular weight is 438 g/mol. The third kappa shape index (κ3) is 6.67. The molecule has 2 aromatic carbocycles. The molecule has 0 fully saturated rings. The van der Waals surface area contributed by atoms with Crippen LogP contribution < -0.4 is 10.1 Å². The zero-order valence-corrected chi connectivity index (χ0v) is 17.4. The fourth-order valence-electron chi connectivity index (χ4n) is 2.45. The standard InChI is InChI=1S/C20H24BrNO3S/c1-14-3-5-15(6-4-14)13-25-19-8-7-17(21)11-16(19)12-22-18(20(23)24)9-10-26-2/h3-8,11,18,22H,9-10,12-13H2,1-2H3,(H,23,24). The maximum atomic E-state index is 11.4. The normalized spacial score (nSPS) is 12.0. The summed E-state index contributed by atoms with van der Waals surface area (Å²) < 4.78 is 6.92. The highest BCUT2D eigenvalue weighted by molar-refractivity contribution is 9.10. The second kappa shape index (κ2) is 10.6. The molecule has 1 unspecified atom stereocenters. The first kappa shape index (κ1) is 20.8. The molecule has 0 spiro atoms. The van der Waals surface area contributed by atoms with Crippen molar-refractivity contribution in [1.82, 2.24) is 5.32 Å². The predicted octanol–water partition coefficient (Wildman–Crippen LogP) is 4.63. The van der Waals surface area contributed by atoms with Crippen LogP contribution in [0.4, 0.5) is 0 Å². The number of aliphatic carboxylic acids is 1. The number of carbonyl (C=O) groups is 1. The first-order chi connectivity index (χ1) is 12.5. The molecule has 140 valence electrons. The van der Waals surface area contributed by atoms with E-state index in [-0.39, 0.29) is 0 Å². The lowest BCUT2D eigenvalue weighted by Gasteiger charge is -2.17. The quantitative estimate of drug-likeness (QED) is 0.567. The lowest BCUT2D eigenvalue weighted by molar-refractivity contribution is -0.139.